The fourth-order valence-electron chi connectivity index (χ4n) is 9.24. The van der Waals surface area contributed by atoms with Crippen molar-refractivity contribution in [2.45, 2.75) is 242 Å². The highest BCUT2D eigenvalue weighted by Gasteiger charge is 2.59. The molecule has 330 valence electrons. The lowest BCUT2D eigenvalue weighted by atomic mass is 9.49. The van der Waals surface area contributed by atoms with E-state index in [2.05, 4.69) is 18.7 Å². The van der Waals surface area contributed by atoms with Crippen molar-refractivity contribution in [3.8, 4) is 0 Å². The first-order valence-electron chi connectivity index (χ1n) is 23.5. The van der Waals surface area contributed by atoms with Crippen LogP contribution >= 0.6 is 0 Å². The van der Waals surface area contributed by atoms with Gasteiger partial charge in [0.25, 0.3) is 0 Å². The van der Waals surface area contributed by atoms with Crippen molar-refractivity contribution in [2.24, 2.45) is 11.8 Å². The molecule has 3 saturated carbocycles. The van der Waals surface area contributed by atoms with E-state index in [0.717, 1.165) is 50.9 Å². The summed E-state index contributed by atoms with van der Waals surface area (Å²) in [4.78, 5) is 2.82. The van der Waals surface area contributed by atoms with E-state index in [-0.39, 0.29) is 18.9 Å². The Morgan fingerprint density at radius 1 is 0.696 bits per heavy atom. The molecule has 3 aliphatic carbocycles. The average molecular weight is 800 g/mol. The van der Waals surface area contributed by atoms with Gasteiger partial charge in [0.15, 0.2) is 6.29 Å². The molecule has 4 rings (SSSR count). The summed E-state index contributed by atoms with van der Waals surface area (Å²) in [5.74, 6) is -0.308. The summed E-state index contributed by atoms with van der Waals surface area (Å²) in [5.41, 5.74) is 0.535. The van der Waals surface area contributed by atoms with Gasteiger partial charge in [-0.25, -0.2) is 4.39 Å². The minimum absolute atomic E-state index is 0.230. The quantitative estimate of drug-likeness (QED) is 0.0344. The molecule has 6 N–H and O–H groups in total. The van der Waals surface area contributed by atoms with Crippen molar-refractivity contribution in [3.05, 3.63) is 11.9 Å². The zero-order valence-corrected chi connectivity index (χ0v) is 35.7. The maximum atomic E-state index is 15.4. The van der Waals surface area contributed by atoms with Crippen LogP contribution < -0.4 is 0 Å². The summed E-state index contributed by atoms with van der Waals surface area (Å²) in [7, 11) is 0. The van der Waals surface area contributed by atoms with Crippen molar-refractivity contribution >= 4 is 0 Å². The largest absolute Gasteiger partial charge is 0.394 e. The van der Waals surface area contributed by atoms with Crippen LogP contribution in [0.4, 0.5) is 4.39 Å². The van der Waals surface area contributed by atoms with Crippen LogP contribution in [-0.4, -0.2) is 110 Å². The number of ether oxygens (including phenoxy) is 2. The fraction of sp³-hybridized carbons (Fsp3) is 0.957. The summed E-state index contributed by atoms with van der Waals surface area (Å²) < 4.78 is 26.6. The first kappa shape index (κ1) is 49.7. The number of allylic oxidation sites excluding steroid dienone is 1. The van der Waals surface area contributed by atoms with Gasteiger partial charge in [0.2, 0.25) is 0 Å². The Balaban J connectivity index is 1.39. The van der Waals surface area contributed by atoms with Crippen LogP contribution in [0.15, 0.2) is 11.9 Å². The van der Waals surface area contributed by atoms with Gasteiger partial charge in [0, 0.05) is 11.5 Å². The van der Waals surface area contributed by atoms with Gasteiger partial charge in [-0.3, -0.25) is 4.90 Å². The van der Waals surface area contributed by atoms with E-state index in [0.29, 0.717) is 18.4 Å². The average Bonchev–Trinajstić information content (AvgIpc) is 3.15. The number of aliphatic hydroxyl groups is 6. The molecule has 8 atom stereocenters. The van der Waals surface area contributed by atoms with Gasteiger partial charge in [-0.05, 0) is 76.5 Å². The Morgan fingerprint density at radius 3 is 1.66 bits per heavy atom. The van der Waals surface area contributed by atoms with Gasteiger partial charge in [-0.2, -0.15) is 0 Å². The molecule has 56 heavy (non-hydrogen) atoms. The summed E-state index contributed by atoms with van der Waals surface area (Å²) in [6, 6.07) is 0. The van der Waals surface area contributed by atoms with E-state index in [1.165, 1.54) is 135 Å². The molecular weight excluding hydrogens is 714 g/mol. The molecule has 9 nitrogen and oxygen atoms in total. The first-order valence-corrected chi connectivity index (χ1v) is 23.5. The Morgan fingerprint density at radius 2 is 1.18 bits per heavy atom. The molecule has 0 spiro atoms. The summed E-state index contributed by atoms with van der Waals surface area (Å²) in [6.07, 6.45) is 23.7. The second-order valence-corrected chi connectivity index (χ2v) is 18.0. The summed E-state index contributed by atoms with van der Waals surface area (Å²) in [5, 5.41) is 62.5. The van der Waals surface area contributed by atoms with Crippen LogP contribution in [0.2, 0.25) is 0 Å². The third kappa shape index (κ3) is 17.5. The van der Waals surface area contributed by atoms with Crippen molar-refractivity contribution in [3.63, 3.8) is 0 Å². The Bertz CT molecular complexity index is 1000. The van der Waals surface area contributed by atoms with Gasteiger partial charge in [-0.1, -0.05) is 142 Å². The van der Waals surface area contributed by atoms with Gasteiger partial charge in [-0.15, -0.1) is 0 Å². The van der Waals surface area contributed by atoms with Gasteiger partial charge in [0.1, 0.15) is 24.4 Å². The topological polar surface area (TPSA) is 143 Å². The number of hydrogen-bond acceptors (Lipinski definition) is 9. The standard InChI is InChI=1S/C46H86FNO8/c1-3-5-7-9-10-11-12-13-14-15-19-23-27-39(50)41(51)37(35-55-45-44(54)43(53)42(52)40(34-49)56-45)30-38(47)26-22-18-16-17-21-25-29-48(28-24-20-8-6-4-2)46-31-36(32-46)33-46/h30,36-37,39-45,49-54H,3-29,31-35H2,1-2H3/b38-30+/t36?,37-,39+,40?,41-,42?,43?,44?,45?,46?/m0/s1. The van der Waals surface area contributed by atoms with Crippen molar-refractivity contribution < 1.29 is 44.5 Å². The van der Waals surface area contributed by atoms with E-state index in [9.17, 15) is 30.6 Å². The molecule has 5 unspecified atom stereocenters. The predicted molar refractivity (Wildman–Crippen MR) is 223 cm³/mol. The van der Waals surface area contributed by atoms with Crippen LogP contribution in [0.25, 0.3) is 0 Å². The molecule has 4 aliphatic rings. The highest BCUT2D eigenvalue weighted by Crippen LogP contribution is 2.60. The number of halogens is 1. The first-order chi connectivity index (χ1) is 27.2. The maximum Gasteiger partial charge on any atom is 0.186 e. The molecule has 0 aromatic carbocycles. The molecule has 1 saturated heterocycles. The van der Waals surface area contributed by atoms with Crippen molar-refractivity contribution in [2.75, 3.05) is 26.3 Å². The normalized spacial score (nSPS) is 27.9. The molecule has 2 bridgehead atoms. The Kier molecular flexibility index (Phi) is 25.5. The summed E-state index contributed by atoms with van der Waals surface area (Å²) in [6.45, 7) is 6.08. The summed E-state index contributed by atoms with van der Waals surface area (Å²) >= 11 is 0. The van der Waals surface area contributed by atoms with Gasteiger partial charge >= 0.3 is 0 Å². The monoisotopic (exact) mass is 800 g/mol. The molecule has 0 amide bonds. The molecule has 0 radical (unpaired) electrons. The van der Waals surface area contributed by atoms with Crippen LogP contribution in [0.5, 0.6) is 0 Å². The van der Waals surface area contributed by atoms with E-state index in [1.54, 1.807) is 0 Å². The van der Waals surface area contributed by atoms with E-state index < -0.39 is 55.4 Å². The van der Waals surface area contributed by atoms with Crippen molar-refractivity contribution in [1.82, 2.24) is 4.90 Å². The lowest BCUT2D eigenvalue weighted by molar-refractivity contribution is -0.303. The Hall–Kier alpha value is -0.690. The minimum Gasteiger partial charge on any atom is -0.394 e. The number of rotatable bonds is 36. The van der Waals surface area contributed by atoms with E-state index >= 15 is 4.39 Å². The highest BCUT2D eigenvalue weighted by molar-refractivity contribution is 5.14. The third-order valence-electron chi connectivity index (χ3n) is 13.2. The van der Waals surface area contributed by atoms with Crippen LogP contribution in [0, 0.1) is 11.8 Å². The smallest absolute Gasteiger partial charge is 0.186 e. The number of aliphatic hydroxyl groups excluding tert-OH is 6. The van der Waals surface area contributed by atoms with Crippen molar-refractivity contribution in [1.29, 1.82) is 0 Å². The predicted octanol–water partition coefficient (Wildman–Crippen LogP) is 8.64. The van der Waals surface area contributed by atoms with E-state index in [4.69, 9.17) is 9.47 Å². The number of nitrogens with zero attached hydrogens (tertiary/aromatic N) is 1. The molecule has 10 heteroatoms. The van der Waals surface area contributed by atoms with Crippen LogP contribution in [-0.2, 0) is 9.47 Å². The molecule has 0 aromatic heterocycles. The SMILES string of the molecule is CCCCCCCCCCCCCC[C@@H](O)[C@@H](O)[C@@H](/C=C(/F)CCCCCCCCN(CCCCCCC)C12CC(C1)C2)COC1OC(CO)C(O)C(O)C1O. The van der Waals surface area contributed by atoms with Crippen LogP contribution in [0.1, 0.15) is 194 Å². The molecule has 1 heterocycles. The lowest BCUT2D eigenvalue weighted by Crippen LogP contribution is -2.68. The van der Waals surface area contributed by atoms with Gasteiger partial charge < -0.3 is 40.1 Å². The number of unbranched alkanes of at least 4 members (excludes halogenated alkanes) is 20. The molecular formula is C46H86FNO8. The van der Waals surface area contributed by atoms with E-state index in [1.807, 2.05) is 0 Å². The van der Waals surface area contributed by atoms with Crippen LogP contribution in [0.3, 0.4) is 0 Å². The zero-order chi connectivity index (χ0) is 40.6. The zero-order valence-electron chi connectivity index (χ0n) is 35.7. The molecule has 1 aliphatic heterocycles. The maximum absolute atomic E-state index is 15.4. The highest BCUT2D eigenvalue weighted by atomic mass is 19.1. The lowest BCUT2D eigenvalue weighted by Gasteiger charge is -2.67. The second-order valence-electron chi connectivity index (χ2n) is 18.0. The molecule has 4 fully saturated rings. The minimum atomic E-state index is -1.61. The van der Waals surface area contributed by atoms with Gasteiger partial charge in [0.05, 0.1) is 31.2 Å². The fourth-order valence-corrected chi connectivity index (χ4v) is 9.24. The third-order valence-corrected chi connectivity index (χ3v) is 13.2. The second kappa shape index (κ2) is 28.7. The molecule has 0 aromatic rings. The number of hydrogen-bond donors (Lipinski definition) is 6. The Labute approximate surface area is 340 Å².